The van der Waals surface area contributed by atoms with Crippen LogP contribution in [0.1, 0.15) is 30.4 Å². The van der Waals surface area contributed by atoms with Crippen molar-refractivity contribution in [3.63, 3.8) is 0 Å². The molecule has 1 aliphatic heterocycles. The van der Waals surface area contributed by atoms with E-state index in [4.69, 9.17) is 5.14 Å². The average Bonchev–Trinajstić information content (AvgIpc) is 2.40. The maximum atomic E-state index is 11.5. The van der Waals surface area contributed by atoms with Crippen LogP contribution in [0, 0.1) is 13.8 Å². The molecule has 112 valence electrons. The highest BCUT2D eigenvalue weighted by Crippen LogP contribution is 2.23. The number of benzene rings is 1. The third kappa shape index (κ3) is 3.71. The van der Waals surface area contributed by atoms with Gasteiger partial charge in [-0.3, -0.25) is 0 Å². The van der Waals surface area contributed by atoms with E-state index in [0.29, 0.717) is 6.04 Å². The van der Waals surface area contributed by atoms with Gasteiger partial charge in [-0.15, -0.1) is 0 Å². The van der Waals surface area contributed by atoms with Gasteiger partial charge in [-0.1, -0.05) is 6.42 Å². The molecule has 0 aliphatic carbocycles. The highest BCUT2D eigenvalue weighted by Gasteiger charge is 2.15. The molecule has 1 aromatic rings. The SMILES string of the molecule is Cc1cc(S(N)(=O)=O)cc(NCC2CCCCN2)c1C. The zero-order valence-electron chi connectivity index (χ0n) is 12.1. The lowest BCUT2D eigenvalue weighted by molar-refractivity contribution is 0.414. The Morgan fingerprint density at radius 1 is 1.35 bits per heavy atom. The summed E-state index contributed by atoms with van der Waals surface area (Å²) >= 11 is 0. The maximum Gasteiger partial charge on any atom is 0.238 e. The molecule has 1 saturated heterocycles. The van der Waals surface area contributed by atoms with Gasteiger partial charge in [-0.25, -0.2) is 13.6 Å². The van der Waals surface area contributed by atoms with Crippen LogP contribution >= 0.6 is 0 Å². The van der Waals surface area contributed by atoms with Crippen molar-refractivity contribution in [1.82, 2.24) is 5.32 Å². The third-order valence-electron chi connectivity index (χ3n) is 3.92. The highest BCUT2D eigenvalue weighted by atomic mass is 32.2. The van der Waals surface area contributed by atoms with Gasteiger partial charge >= 0.3 is 0 Å². The van der Waals surface area contributed by atoms with Gasteiger partial charge in [-0.05, 0) is 56.5 Å². The molecule has 1 unspecified atom stereocenters. The van der Waals surface area contributed by atoms with E-state index in [9.17, 15) is 8.42 Å². The van der Waals surface area contributed by atoms with Crippen molar-refractivity contribution in [3.8, 4) is 0 Å². The van der Waals surface area contributed by atoms with E-state index in [0.717, 1.165) is 36.3 Å². The van der Waals surface area contributed by atoms with Gasteiger partial charge in [0, 0.05) is 18.3 Å². The Kier molecular flexibility index (Phi) is 4.67. The predicted molar refractivity (Wildman–Crippen MR) is 81.4 cm³/mol. The van der Waals surface area contributed by atoms with Gasteiger partial charge in [0.2, 0.25) is 10.0 Å². The first kappa shape index (κ1) is 15.3. The number of hydrogen-bond donors (Lipinski definition) is 3. The number of piperidine rings is 1. The summed E-state index contributed by atoms with van der Waals surface area (Å²) in [5.41, 5.74) is 2.84. The zero-order chi connectivity index (χ0) is 14.8. The quantitative estimate of drug-likeness (QED) is 0.786. The number of sulfonamides is 1. The first-order chi connectivity index (χ1) is 9.38. The van der Waals surface area contributed by atoms with Crippen LogP contribution in [0.25, 0.3) is 0 Å². The second-order valence-corrected chi connectivity index (χ2v) is 7.05. The minimum absolute atomic E-state index is 0.166. The molecule has 1 fully saturated rings. The van der Waals surface area contributed by atoms with E-state index in [2.05, 4.69) is 10.6 Å². The summed E-state index contributed by atoms with van der Waals surface area (Å²) in [6.07, 6.45) is 3.63. The normalized spacial score (nSPS) is 19.9. The topological polar surface area (TPSA) is 84.2 Å². The fourth-order valence-corrected chi connectivity index (χ4v) is 3.13. The van der Waals surface area contributed by atoms with Crippen LogP contribution in [0.4, 0.5) is 5.69 Å². The van der Waals surface area contributed by atoms with E-state index in [1.807, 2.05) is 13.8 Å². The van der Waals surface area contributed by atoms with Crippen molar-refractivity contribution in [2.45, 2.75) is 44.0 Å². The van der Waals surface area contributed by atoms with Crippen molar-refractivity contribution in [2.24, 2.45) is 5.14 Å². The van der Waals surface area contributed by atoms with Crippen molar-refractivity contribution in [3.05, 3.63) is 23.3 Å². The summed E-state index contributed by atoms with van der Waals surface area (Å²) in [4.78, 5) is 0.166. The Bertz CT molecular complexity index is 578. The fraction of sp³-hybridized carbons (Fsp3) is 0.571. The predicted octanol–water partition coefficient (Wildman–Crippen LogP) is 1.50. The summed E-state index contributed by atoms with van der Waals surface area (Å²) in [7, 11) is -3.66. The van der Waals surface area contributed by atoms with Gasteiger partial charge < -0.3 is 10.6 Å². The van der Waals surface area contributed by atoms with Crippen LogP contribution in [-0.2, 0) is 10.0 Å². The molecular formula is C14H23N3O2S. The molecule has 1 heterocycles. The molecule has 5 nitrogen and oxygen atoms in total. The van der Waals surface area contributed by atoms with Gasteiger partial charge in [0.05, 0.1) is 4.90 Å². The van der Waals surface area contributed by atoms with Crippen molar-refractivity contribution < 1.29 is 8.42 Å². The first-order valence-corrected chi connectivity index (χ1v) is 8.54. The number of aryl methyl sites for hydroxylation is 1. The smallest absolute Gasteiger partial charge is 0.238 e. The van der Waals surface area contributed by atoms with Crippen LogP contribution < -0.4 is 15.8 Å². The number of nitrogens with one attached hydrogen (secondary N) is 2. The summed E-state index contributed by atoms with van der Waals surface area (Å²) in [6.45, 7) is 5.74. The minimum Gasteiger partial charge on any atom is -0.383 e. The van der Waals surface area contributed by atoms with E-state index in [-0.39, 0.29) is 4.90 Å². The van der Waals surface area contributed by atoms with E-state index >= 15 is 0 Å². The molecule has 0 saturated carbocycles. The van der Waals surface area contributed by atoms with Crippen LogP contribution in [0.5, 0.6) is 0 Å². The molecule has 0 amide bonds. The molecule has 1 aromatic carbocycles. The third-order valence-corrected chi connectivity index (χ3v) is 4.81. The minimum atomic E-state index is -3.66. The molecular weight excluding hydrogens is 274 g/mol. The zero-order valence-corrected chi connectivity index (χ0v) is 12.9. The van der Waals surface area contributed by atoms with Gasteiger partial charge in [-0.2, -0.15) is 0 Å². The Morgan fingerprint density at radius 2 is 2.10 bits per heavy atom. The molecule has 0 aromatic heterocycles. The monoisotopic (exact) mass is 297 g/mol. The molecule has 0 bridgehead atoms. The second-order valence-electron chi connectivity index (χ2n) is 5.49. The summed E-state index contributed by atoms with van der Waals surface area (Å²) < 4.78 is 23.0. The second kappa shape index (κ2) is 6.11. The Morgan fingerprint density at radius 3 is 2.70 bits per heavy atom. The van der Waals surface area contributed by atoms with Crippen molar-refractivity contribution in [2.75, 3.05) is 18.4 Å². The average molecular weight is 297 g/mol. The number of anilines is 1. The van der Waals surface area contributed by atoms with E-state index in [1.165, 1.54) is 12.8 Å². The molecule has 0 spiro atoms. The Balaban J connectivity index is 2.15. The van der Waals surface area contributed by atoms with Crippen molar-refractivity contribution >= 4 is 15.7 Å². The standard InChI is InChI=1S/C14H23N3O2S/c1-10-7-13(20(15,18)19)8-14(11(10)2)17-9-12-5-3-4-6-16-12/h7-8,12,16-17H,3-6,9H2,1-2H3,(H2,15,18,19). The summed E-state index contributed by atoms with van der Waals surface area (Å²) in [5.74, 6) is 0. The lowest BCUT2D eigenvalue weighted by Gasteiger charge is -2.25. The molecule has 4 N–H and O–H groups in total. The van der Waals surface area contributed by atoms with E-state index < -0.39 is 10.0 Å². The lowest BCUT2D eigenvalue weighted by atomic mass is 10.0. The highest BCUT2D eigenvalue weighted by molar-refractivity contribution is 7.89. The lowest BCUT2D eigenvalue weighted by Crippen LogP contribution is -2.39. The first-order valence-electron chi connectivity index (χ1n) is 6.99. The molecule has 2 rings (SSSR count). The van der Waals surface area contributed by atoms with Gasteiger partial charge in [0.15, 0.2) is 0 Å². The van der Waals surface area contributed by atoms with Gasteiger partial charge in [0.25, 0.3) is 0 Å². The maximum absolute atomic E-state index is 11.5. The van der Waals surface area contributed by atoms with Crippen LogP contribution in [-0.4, -0.2) is 27.5 Å². The Hall–Kier alpha value is -1.11. The van der Waals surface area contributed by atoms with Crippen molar-refractivity contribution in [1.29, 1.82) is 0 Å². The molecule has 1 atom stereocenters. The summed E-state index contributed by atoms with van der Waals surface area (Å²) in [6, 6.07) is 3.69. The molecule has 6 heteroatoms. The van der Waals surface area contributed by atoms with Gasteiger partial charge in [0.1, 0.15) is 0 Å². The largest absolute Gasteiger partial charge is 0.383 e. The number of nitrogens with two attached hydrogens (primary N) is 1. The number of rotatable bonds is 4. The number of hydrogen-bond acceptors (Lipinski definition) is 4. The molecule has 1 aliphatic rings. The van der Waals surface area contributed by atoms with Crippen LogP contribution in [0.15, 0.2) is 17.0 Å². The van der Waals surface area contributed by atoms with Crippen LogP contribution in [0.2, 0.25) is 0 Å². The number of primary sulfonamides is 1. The fourth-order valence-electron chi connectivity index (χ4n) is 2.51. The van der Waals surface area contributed by atoms with E-state index in [1.54, 1.807) is 12.1 Å². The Labute approximate surface area is 121 Å². The molecule has 20 heavy (non-hydrogen) atoms. The summed E-state index contributed by atoms with van der Waals surface area (Å²) in [5, 5.41) is 12.0. The molecule has 0 radical (unpaired) electrons. The van der Waals surface area contributed by atoms with Crippen LogP contribution in [0.3, 0.4) is 0 Å².